The van der Waals surface area contributed by atoms with Gasteiger partial charge in [0, 0.05) is 19.1 Å². The SMILES string of the molecule is CCOC(=O)c1ccccc1NC(=O)CSc1nnc(N2CCC(C)CC2)n1C1CC1. The van der Waals surface area contributed by atoms with Crippen LogP contribution < -0.4 is 10.2 Å². The van der Waals surface area contributed by atoms with Gasteiger partial charge in [0.25, 0.3) is 0 Å². The summed E-state index contributed by atoms with van der Waals surface area (Å²) in [4.78, 5) is 27.1. The van der Waals surface area contributed by atoms with E-state index in [0.717, 1.165) is 43.0 Å². The summed E-state index contributed by atoms with van der Waals surface area (Å²) >= 11 is 1.39. The Bertz CT molecular complexity index is 935. The second-order valence-electron chi connectivity index (χ2n) is 8.16. The Kier molecular flexibility index (Phi) is 6.80. The van der Waals surface area contributed by atoms with E-state index >= 15 is 0 Å². The number of thioether (sulfide) groups is 1. The molecule has 31 heavy (non-hydrogen) atoms. The molecule has 1 amide bonds. The number of carbonyl (C=O) groups excluding carboxylic acids is 2. The number of ether oxygens (including phenoxy) is 1. The van der Waals surface area contributed by atoms with Crippen LogP contribution in [0.3, 0.4) is 0 Å². The molecule has 2 fully saturated rings. The van der Waals surface area contributed by atoms with E-state index in [-0.39, 0.29) is 18.3 Å². The van der Waals surface area contributed by atoms with Gasteiger partial charge in [-0.3, -0.25) is 9.36 Å². The van der Waals surface area contributed by atoms with E-state index in [9.17, 15) is 9.59 Å². The Morgan fingerprint density at radius 2 is 1.90 bits per heavy atom. The summed E-state index contributed by atoms with van der Waals surface area (Å²) in [5, 5.41) is 12.5. The Morgan fingerprint density at radius 3 is 2.61 bits per heavy atom. The van der Waals surface area contributed by atoms with Gasteiger partial charge in [-0.15, -0.1) is 10.2 Å². The van der Waals surface area contributed by atoms with Crippen molar-refractivity contribution in [2.24, 2.45) is 5.92 Å². The Hall–Kier alpha value is -2.55. The Labute approximate surface area is 186 Å². The van der Waals surface area contributed by atoms with Crippen LogP contribution in [0, 0.1) is 5.92 Å². The molecule has 8 nitrogen and oxygen atoms in total. The van der Waals surface area contributed by atoms with Crippen LogP contribution in [-0.2, 0) is 9.53 Å². The molecular formula is C22H29N5O3S. The number of hydrogen-bond acceptors (Lipinski definition) is 7. The van der Waals surface area contributed by atoms with Crippen molar-refractivity contribution >= 4 is 35.3 Å². The molecular weight excluding hydrogens is 414 g/mol. The summed E-state index contributed by atoms with van der Waals surface area (Å²) in [5.41, 5.74) is 0.809. The molecule has 2 heterocycles. The molecule has 1 aliphatic heterocycles. The van der Waals surface area contributed by atoms with Gasteiger partial charge < -0.3 is 15.0 Å². The number of aromatic nitrogens is 3. The predicted molar refractivity (Wildman–Crippen MR) is 121 cm³/mol. The highest BCUT2D eigenvalue weighted by molar-refractivity contribution is 7.99. The Balaban J connectivity index is 1.41. The fraction of sp³-hybridized carbons (Fsp3) is 0.545. The minimum atomic E-state index is -0.444. The number of benzene rings is 1. The molecule has 0 bridgehead atoms. The van der Waals surface area contributed by atoms with Crippen molar-refractivity contribution in [1.29, 1.82) is 0 Å². The van der Waals surface area contributed by atoms with Crippen LogP contribution in [0.15, 0.2) is 29.4 Å². The first-order valence-electron chi connectivity index (χ1n) is 11.0. The molecule has 1 saturated heterocycles. The predicted octanol–water partition coefficient (Wildman–Crippen LogP) is 3.76. The summed E-state index contributed by atoms with van der Waals surface area (Å²) in [5.74, 6) is 1.24. The second kappa shape index (κ2) is 9.72. The molecule has 4 rings (SSSR count). The number of para-hydroxylation sites is 1. The number of hydrogen-bond donors (Lipinski definition) is 1. The second-order valence-corrected chi connectivity index (χ2v) is 9.10. The number of amides is 1. The van der Waals surface area contributed by atoms with E-state index in [2.05, 4.69) is 31.9 Å². The van der Waals surface area contributed by atoms with Crippen LogP contribution in [0.25, 0.3) is 0 Å². The minimum Gasteiger partial charge on any atom is -0.462 e. The van der Waals surface area contributed by atoms with Gasteiger partial charge in [-0.2, -0.15) is 0 Å². The third-order valence-electron chi connectivity index (χ3n) is 5.65. The summed E-state index contributed by atoms with van der Waals surface area (Å²) in [6.07, 6.45) is 4.59. The molecule has 2 aromatic rings. The van der Waals surface area contributed by atoms with E-state index in [1.165, 1.54) is 24.6 Å². The molecule has 1 N–H and O–H groups in total. The van der Waals surface area contributed by atoms with E-state index in [4.69, 9.17) is 4.74 Å². The van der Waals surface area contributed by atoms with Gasteiger partial charge in [0.1, 0.15) is 0 Å². The fourth-order valence-corrected chi connectivity index (χ4v) is 4.54. The van der Waals surface area contributed by atoms with Gasteiger partial charge in [0.15, 0.2) is 5.16 Å². The molecule has 1 aromatic carbocycles. The zero-order valence-electron chi connectivity index (χ0n) is 18.0. The summed E-state index contributed by atoms with van der Waals surface area (Å²) in [6, 6.07) is 7.31. The molecule has 1 aromatic heterocycles. The number of carbonyl (C=O) groups is 2. The first-order valence-corrected chi connectivity index (χ1v) is 11.9. The van der Waals surface area contributed by atoms with Crippen molar-refractivity contribution in [2.75, 3.05) is 35.7 Å². The number of anilines is 2. The zero-order chi connectivity index (χ0) is 21.8. The molecule has 0 atom stereocenters. The van der Waals surface area contributed by atoms with Crippen molar-refractivity contribution in [3.05, 3.63) is 29.8 Å². The lowest BCUT2D eigenvalue weighted by molar-refractivity contribution is -0.113. The van der Waals surface area contributed by atoms with E-state index in [1.54, 1.807) is 31.2 Å². The highest BCUT2D eigenvalue weighted by Crippen LogP contribution is 2.41. The average Bonchev–Trinajstić information content (AvgIpc) is 3.52. The zero-order valence-corrected chi connectivity index (χ0v) is 18.9. The first-order chi connectivity index (χ1) is 15.1. The lowest BCUT2D eigenvalue weighted by Crippen LogP contribution is -2.34. The van der Waals surface area contributed by atoms with Crippen LogP contribution in [0.2, 0.25) is 0 Å². The molecule has 1 aliphatic carbocycles. The molecule has 1 saturated carbocycles. The van der Waals surface area contributed by atoms with Crippen molar-refractivity contribution < 1.29 is 14.3 Å². The lowest BCUT2D eigenvalue weighted by atomic mass is 10.00. The Morgan fingerprint density at radius 1 is 1.16 bits per heavy atom. The van der Waals surface area contributed by atoms with Crippen molar-refractivity contribution in [1.82, 2.24) is 14.8 Å². The maximum atomic E-state index is 12.6. The summed E-state index contributed by atoms with van der Waals surface area (Å²) < 4.78 is 7.28. The van der Waals surface area contributed by atoms with Crippen LogP contribution in [0.1, 0.15) is 55.9 Å². The van der Waals surface area contributed by atoms with Crippen LogP contribution in [-0.4, -0.2) is 52.1 Å². The molecule has 2 aliphatic rings. The monoisotopic (exact) mass is 443 g/mol. The maximum absolute atomic E-state index is 12.6. The number of nitrogens with zero attached hydrogens (tertiary/aromatic N) is 4. The number of piperidine rings is 1. The molecule has 166 valence electrons. The third kappa shape index (κ3) is 5.20. The third-order valence-corrected chi connectivity index (χ3v) is 6.60. The smallest absolute Gasteiger partial charge is 0.340 e. The molecule has 0 radical (unpaired) electrons. The lowest BCUT2D eigenvalue weighted by Gasteiger charge is -2.31. The van der Waals surface area contributed by atoms with Gasteiger partial charge in [-0.05, 0) is 50.7 Å². The normalized spacial score (nSPS) is 16.9. The number of nitrogens with one attached hydrogen (secondary N) is 1. The standard InChI is InChI=1S/C22H29N5O3S/c1-3-30-20(29)17-6-4-5-7-18(17)23-19(28)14-31-22-25-24-21(27(22)16-8-9-16)26-12-10-15(2)11-13-26/h4-7,15-16H,3,8-14H2,1-2H3,(H,23,28). The van der Waals surface area contributed by atoms with E-state index in [1.807, 2.05) is 0 Å². The maximum Gasteiger partial charge on any atom is 0.340 e. The van der Waals surface area contributed by atoms with Gasteiger partial charge >= 0.3 is 5.97 Å². The first kappa shape index (κ1) is 21.7. The van der Waals surface area contributed by atoms with Crippen LogP contribution >= 0.6 is 11.8 Å². The fourth-order valence-electron chi connectivity index (χ4n) is 3.74. The van der Waals surface area contributed by atoms with Gasteiger partial charge in [-0.25, -0.2) is 4.79 Å². The van der Waals surface area contributed by atoms with Crippen molar-refractivity contribution in [3.8, 4) is 0 Å². The summed E-state index contributed by atoms with van der Waals surface area (Å²) in [7, 11) is 0. The molecule has 0 spiro atoms. The van der Waals surface area contributed by atoms with Crippen LogP contribution in [0.4, 0.5) is 11.6 Å². The number of rotatable bonds is 8. The molecule has 0 unspecified atom stereocenters. The summed E-state index contributed by atoms with van der Waals surface area (Å²) in [6.45, 7) is 6.34. The number of esters is 1. The molecule has 9 heteroatoms. The highest BCUT2D eigenvalue weighted by atomic mass is 32.2. The van der Waals surface area contributed by atoms with E-state index < -0.39 is 5.97 Å². The quantitative estimate of drug-likeness (QED) is 0.491. The topological polar surface area (TPSA) is 89.3 Å². The highest BCUT2D eigenvalue weighted by Gasteiger charge is 2.32. The van der Waals surface area contributed by atoms with Gasteiger partial charge in [0.2, 0.25) is 11.9 Å². The van der Waals surface area contributed by atoms with Gasteiger partial charge in [0.05, 0.1) is 23.6 Å². The van der Waals surface area contributed by atoms with Crippen molar-refractivity contribution in [2.45, 2.75) is 50.7 Å². The average molecular weight is 444 g/mol. The minimum absolute atomic E-state index is 0.193. The largest absolute Gasteiger partial charge is 0.462 e. The van der Waals surface area contributed by atoms with Crippen molar-refractivity contribution in [3.63, 3.8) is 0 Å². The van der Waals surface area contributed by atoms with E-state index in [0.29, 0.717) is 17.3 Å². The van der Waals surface area contributed by atoms with Gasteiger partial charge in [-0.1, -0.05) is 30.8 Å². The van der Waals surface area contributed by atoms with Crippen LogP contribution in [0.5, 0.6) is 0 Å².